The number of carbonyl (C=O) groups is 2. The number of carbonyl (C=O) groups excluding carboxylic acids is 2. The van der Waals surface area contributed by atoms with Gasteiger partial charge in [-0.1, -0.05) is 60.7 Å². The van der Waals surface area contributed by atoms with Crippen molar-refractivity contribution in [2.75, 3.05) is 0 Å². The van der Waals surface area contributed by atoms with Gasteiger partial charge in [0, 0.05) is 12.1 Å². The standard InChI is InChI=1S/2C13H17NO3/c2*1-13(16)7-11(8-13)14-12(15)17-9-10-5-3-2-4-6-10/h2*2-6,11,16H,7-9H2,1H3,(H,14,15). The molecule has 184 valence electrons. The predicted octanol–water partition coefficient (Wildman–Crippen LogP) is 3.65. The van der Waals surface area contributed by atoms with Gasteiger partial charge in [-0.25, -0.2) is 9.59 Å². The minimum atomic E-state index is -0.628. The normalized spacial score (nSPS) is 27.1. The molecule has 4 rings (SSSR count). The van der Waals surface area contributed by atoms with Crippen LogP contribution >= 0.6 is 0 Å². The molecule has 8 heteroatoms. The fourth-order valence-corrected chi connectivity index (χ4v) is 4.07. The topological polar surface area (TPSA) is 117 Å². The highest BCUT2D eigenvalue weighted by Crippen LogP contribution is 2.32. The summed E-state index contributed by atoms with van der Waals surface area (Å²) in [6.45, 7) is 4.08. The molecular weight excluding hydrogens is 436 g/mol. The maximum atomic E-state index is 11.4. The van der Waals surface area contributed by atoms with Gasteiger partial charge < -0.3 is 30.3 Å². The third-order valence-corrected chi connectivity index (χ3v) is 5.81. The smallest absolute Gasteiger partial charge is 0.407 e. The Morgan fingerprint density at radius 1 is 0.735 bits per heavy atom. The Morgan fingerprint density at radius 3 is 1.35 bits per heavy atom. The highest BCUT2D eigenvalue weighted by Gasteiger charge is 2.40. The summed E-state index contributed by atoms with van der Waals surface area (Å²) in [4.78, 5) is 22.8. The first-order valence-corrected chi connectivity index (χ1v) is 11.5. The number of amides is 2. The summed E-state index contributed by atoms with van der Waals surface area (Å²) in [5.74, 6) is 0. The Balaban J connectivity index is 0.000000191. The molecule has 0 unspecified atom stereocenters. The molecule has 2 aromatic rings. The average Bonchev–Trinajstić information content (AvgIpc) is 2.76. The lowest BCUT2D eigenvalue weighted by Crippen LogP contribution is -2.53. The number of rotatable bonds is 6. The van der Waals surface area contributed by atoms with E-state index in [4.69, 9.17) is 9.47 Å². The Morgan fingerprint density at radius 2 is 1.06 bits per heavy atom. The second-order valence-electron chi connectivity index (χ2n) is 9.62. The van der Waals surface area contributed by atoms with Crippen molar-refractivity contribution in [1.82, 2.24) is 10.6 Å². The van der Waals surface area contributed by atoms with Crippen LogP contribution in [-0.4, -0.2) is 45.7 Å². The second kappa shape index (κ2) is 11.4. The van der Waals surface area contributed by atoms with E-state index in [1.165, 1.54) is 0 Å². The van der Waals surface area contributed by atoms with E-state index >= 15 is 0 Å². The van der Waals surface area contributed by atoms with Crippen molar-refractivity contribution >= 4 is 12.2 Å². The van der Waals surface area contributed by atoms with E-state index in [1.54, 1.807) is 13.8 Å². The highest BCUT2D eigenvalue weighted by atomic mass is 16.6. The number of aliphatic hydroxyl groups is 2. The van der Waals surface area contributed by atoms with E-state index in [0.717, 1.165) is 11.1 Å². The van der Waals surface area contributed by atoms with Crippen molar-refractivity contribution in [3.63, 3.8) is 0 Å². The Bertz CT molecular complexity index is 839. The monoisotopic (exact) mass is 470 g/mol. The number of hydrogen-bond donors (Lipinski definition) is 4. The van der Waals surface area contributed by atoms with Crippen LogP contribution in [0.1, 0.15) is 50.7 Å². The summed E-state index contributed by atoms with van der Waals surface area (Å²) in [6, 6.07) is 19.1. The molecule has 0 spiro atoms. The maximum Gasteiger partial charge on any atom is 0.407 e. The zero-order valence-corrected chi connectivity index (χ0v) is 19.7. The van der Waals surface area contributed by atoms with Crippen LogP contribution in [0.4, 0.5) is 9.59 Å². The van der Waals surface area contributed by atoms with Gasteiger partial charge in [-0.05, 0) is 50.7 Å². The van der Waals surface area contributed by atoms with Crippen LogP contribution < -0.4 is 10.6 Å². The van der Waals surface area contributed by atoms with Crippen LogP contribution in [0.25, 0.3) is 0 Å². The molecule has 34 heavy (non-hydrogen) atoms. The average molecular weight is 471 g/mol. The van der Waals surface area contributed by atoms with E-state index in [9.17, 15) is 19.8 Å². The van der Waals surface area contributed by atoms with Gasteiger partial charge >= 0.3 is 12.2 Å². The molecule has 0 atom stereocenters. The lowest BCUT2D eigenvalue weighted by Gasteiger charge is -2.40. The van der Waals surface area contributed by atoms with Gasteiger partial charge in [0.15, 0.2) is 0 Å². The number of alkyl carbamates (subject to hydrolysis) is 2. The minimum Gasteiger partial charge on any atom is -0.445 e. The molecule has 2 aliphatic rings. The van der Waals surface area contributed by atoms with Crippen LogP contribution in [0.5, 0.6) is 0 Å². The molecule has 2 aliphatic carbocycles. The van der Waals surface area contributed by atoms with Crippen molar-refractivity contribution in [2.24, 2.45) is 0 Å². The van der Waals surface area contributed by atoms with Gasteiger partial charge in [0.05, 0.1) is 11.2 Å². The summed E-state index contributed by atoms with van der Waals surface area (Å²) in [5.41, 5.74) is 0.667. The van der Waals surface area contributed by atoms with Crippen LogP contribution in [0.2, 0.25) is 0 Å². The van der Waals surface area contributed by atoms with Crippen molar-refractivity contribution in [3.05, 3.63) is 71.8 Å². The SMILES string of the molecule is CC1(O)CC(NC(=O)OCc2ccccc2)C1.CC1(O)CC(NC(=O)OCc2ccccc2)C1. The van der Waals surface area contributed by atoms with Gasteiger partial charge in [0.1, 0.15) is 13.2 Å². The first kappa shape index (κ1) is 25.5. The van der Waals surface area contributed by atoms with Gasteiger partial charge in [-0.2, -0.15) is 0 Å². The largest absolute Gasteiger partial charge is 0.445 e. The predicted molar refractivity (Wildman–Crippen MR) is 127 cm³/mol. The van der Waals surface area contributed by atoms with E-state index in [0.29, 0.717) is 25.7 Å². The molecular formula is C26H34N2O6. The van der Waals surface area contributed by atoms with Gasteiger partial charge in [-0.15, -0.1) is 0 Å². The number of nitrogens with one attached hydrogen (secondary N) is 2. The lowest BCUT2D eigenvalue weighted by atomic mass is 9.77. The maximum absolute atomic E-state index is 11.4. The Hall–Kier alpha value is -3.10. The summed E-state index contributed by atoms with van der Waals surface area (Å²) >= 11 is 0. The fraction of sp³-hybridized carbons (Fsp3) is 0.462. The van der Waals surface area contributed by atoms with Crippen molar-refractivity contribution in [3.8, 4) is 0 Å². The highest BCUT2D eigenvalue weighted by molar-refractivity contribution is 5.68. The van der Waals surface area contributed by atoms with Crippen LogP contribution in [0.15, 0.2) is 60.7 Å². The molecule has 0 aromatic heterocycles. The van der Waals surface area contributed by atoms with E-state index < -0.39 is 23.4 Å². The lowest BCUT2D eigenvalue weighted by molar-refractivity contribution is -0.0389. The van der Waals surface area contributed by atoms with Crippen molar-refractivity contribution < 1.29 is 29.3 Å². The molecule has 0 heterocycles. The van der Waals surface area contributed by atoms with Crippen LogP contribution in [0, 0.1) is 0 Å². The molecule has 8 nitrogen and oxygen atoms in total. The van der Waals surface area contributed by atoms with Crippen LogP contribution in [0.3, 0.4) is 0 Å². The van der Waals surface area contributed by atoms with Gasteiger partial charge in [0.25, 0.3) is 0 Å². The molecule has 2 aromatic carbocycles. The zero-order valence-electron chi connectivity index (χ0n) is 19.7. The van der Waals surface area contributed by atoms with E-state index in [-0.39, 0.29) is 25.3 Å². The first-order valence-electron chi connectivity index (χ1n) is 11.5. The number of benzene rings is 2. The third-order valence-electron chi connectivity index (χ3n) is 5.81. The molecule has 0 radical (unpaired) electrons. The van der Waals surface area contributed by atoms with Crippen molar-refractivity contribution in [2.45, 2.75) is 76.0 Å². The van der Waals surface area contributed by atoms with Gasteiger partial charge in [0.2, 0.25) is 0 Å². The van der Waals surface area contributed by atoms with E-state index in [2.05, 4.69) is 10.6 Å². The van der Waals surface area contributed by atoms with Gasteiger partial charge in [-0.3, -0.25) is 0 Å². The summed E-state index contributed by atoms with van der Waals surface area (Å²) in [7, 11) is 0. The van der Waals surface area contributed by atoms with Crippen LogP contribution in [-0.2, 0) is 22.7 Å². The summed E-state index contributed by atoms with van der Waals surface area (Å²) in [5, 5.41) is 24.5. The number of ether oxygens (including phenoxy) is 2. The van der Waals surface area contributed by atoms with E-state index in [1.807, 2.05) is 60.7 Å². The summed E-state index contributed by atoms with van der Waals surface area (Å²) < 4.78 is 10.1. The molecule has 0 aliphatic heterocycles. The molecule has 2 saturated carbocycles. The molecule has 2 fully saturated rings. The third kappa shape index (κ3) is 8.68. The molecule has 2 amide bonds. The van der Waals surface area contributed by atoms with Crippen molar-refractivity contribution in [1.29, 1.82) is 0 Å². The Kier molecular flexibility index (Phi) is 8.52. The fourth-order valence-electron chi connectivity index (χ4n) is 4.07. The Labute approximate surface area is 200 Å². The quantitative estimate of drug-likeness (QED) is 0.512. The summed E-state index contributed by atoms with van der Waals surface area (Å²) in [6.07, 6.45) is 1.52. The zero-order chi connectivity index (χ0) is 24.6. The molecule has 0 bridgehead atoms. The first-order chi connectivity index (χ1) is 16.1. The number of hydrogen-bond acceptors (Lipinski definition) is 6. The molecule has 4 N–H and O–H groups in total. The molecule has 0 saturated heterocycles. The minimum absolute atomic E-state index is 0.0354. The second-order valence-corrected chi connectivity index (χ2v) is 9.62.